The van der Waals surface area contributed by atoms with E-state index in [0.717, 1.165) is 69.9 Å². The number of aromatic nitrogens is 2. The number of hydrogen-bond donors (Lipinski definition) is 0. The molecule has 0 N–H and O–H groups in total. The normalized spacial score (nSPS) is 16.3. The number of fused-ring (bicyclic) bond motifs is 1. The first-order valence-corrected chi connectivity index (χ1v) is 10.1. The van der Waals surface area contributed by atoms with Crippen molar-refractivity contribution < 1.29 is 4.79 Å². The molecule has 1 aliphatic rings. The number of amides is 1. The first-order chi connectivity index (χ1) is 12.7. The molecule has 1 aliphatic heterocycles. The average molecular weight is 357 g/mol. The Morgan fingerprint density at radius 1 is 1.19 bits per heavy atom. The van der Waals surface area contributed by atoms with Gasteiger partial charge in [-0.3, -0.25) is 9.69 Å². The van der Waals surface area contributed by atoms with Crippen LogP contribution in [0.1, 0.15) is 45.9 Å². The lowest BCUT2D eigenvalue weighted by Crippen LogP contribution is -2.42. The fourth-order valence-corrected chi connectivity index (χ4v) is 4.09. The van der Waals surface area contributed by atoms with Crippen LogP contribution in [0, 0.1) is 5.92 Å². The second kappa shape index (κ2) is 8.67. The van der Waals surface area contributed by atoms with E-state index in [4.69, 9.17) is 4.98 Å². The zero-order valence-corrected chi connectivity index (χ0v) is 16.4. The van der Waals surface area contributed by atoms with Crippen LogP contribution in [0.15, 0.2) is 24.3 Å². The molecule has 1 aromatic carbocycles. The number of nitrogens with zero attached hydrogens (tertiary/aromatic N) is 4. The van der Waals surface area contributed by atoms with Crippen molar-refractivity contribution in [1.82, 2.24) is 19.4 Å². The molecule has 2 aromatic rings. The summed E-state index contributed by atoms with van der Waals surface area (Å²) in [7, 11) is 0. The number of aryl methyl sites for hydroxylation is 1. The molecule has 1 fully saturated rings. The number of hydrogen-bond acceptors (Lipinski definition) is 3. The highest BCUT2D eigenvalue weighted by Crippen LogP contribution is 2.23. The van der Waals surface area contributed by atoms with E-state index >= 15 is 0 Å². The monoisotopic (exact) mass is 356 g/mol. The largest absolute Gasteiger partial charge is 0.343 e. The van der Waals surface area contributed by atoms with Crippen LogP contribution in [-0.2, 0) is 17.9 Å². The lowest BCUT2D eigenvalue weighted by atomic mass is 9.95. The van der Waals surface area contributed by atoms with Gasteiger partial charge in [-0.25, -0.2) is 4.98 Å². The van der Waals surface area contributed by atoms with Gasteiger partial charge >= 0.3 is 0 Å². The predicted molar refractivity (Wildman–Crippen MR) is 106 cm³/mol. The van der Waals surface area contributed by atoms with E-state index in [1.54, 1.807) is 0 Å². The van der Waals surface area contributed by atoms with Crippen molar-refractivity contribution >= 4 is 16.9 Å². The van der Waals surface area contributed by atoms with Gasteiger partial charge < -0.3 is 9.47 Å². The van der Waals surface area contributed by atoms with Crippen molar-refractivity contribution in [2.24, 2.45) is 5.92 Å². The van der Waals surface area contributed by atoms with E-state index in [1.807, 2.05) is 11.0 Å². The van der Waals surface area contributed by atoms with Crippen LogP contribution in [0.3, 0.4) is 0 Å². The van der Waals surface area contributed by atoms with Crippen LogP contribution in [0.5, 0.6) is 0 Å². The summed E-state index contributed by atoms with van der Waals surface area (Å²) in [6.07, 6.45) is 2.96. The summed E-state index contributed by atoms with van der Waals surface area (Å²) < 4.78 is 2.31. The Balaban J connectivity index is 1.62. The zero-order chi connectivity index (χ0) is 18.5. The molecule has 0 bridgehead atoms. The van der Waals surface area contributed by atoms with Crippen LogP contribution in [0.2, 0.25) is 0 Å². The smallest absolute Gasteiger partial charge is 0.225 e. The molecule has 5 heteroatoms. The molecule has 5 nitrogen and oxygen atoms in total. The van der Waals surface area contributed by atoms with E-state index < -0.39 is 0 Å². The Morgan fingerprint density at radius 2 is 1.92 bits per heavy atom. The molecule has 1 amide bonds. The van der Waals surface area contributed by atoms with Gasteiger partial charge in [0.25, 0.3) is 0 Å². The van der Waals surface area contributed by atoms with Gasteiger partial charge in [0.15, 0.2) is 0 Å². The maximum Gasteiger partial charge on any atom is 0.225 e. The van der Waals surface area contributed by atoms with Crippen LogP contribution >= 0.6 is 0 Å². The second-order valence-electron chi connectivity index (χ2n) is 7.23. The van der Waals surface area contributed by atoms with Gasteiger partial charge in [-0.15, -0.1) is 0 Å². The van der Waals surface area contributed by atoms with Gasteiger partial charge in [0.2, 0.25) is 5.91 Å². The third-order valence-corrected chi connectivity index (χ3v) is 5.54. The van der Waals surface area contributed by atoms with Gasteiger partial charge in [-0.2, -0.15) is 0 Å². The SMILES string of the molecule is CCCN(CC)C(=O)C1CCN(Cc2nc3ccccc3n2CC)CC1. The summed E-state index contributed by atoms with van der Waals surface area (Å²) >= 11 is 0. The van der Waals surface area contributed by atoms with E-state index in [1.165, 1.54) is 5.52 Å². The topological polar surface area (TPSA) is 41.4 Å². The summed E-state index contributed by atoms with van der Waals surface area (Å²) in [4.78, 5) is 22.0. The lowest BCUT2D eigenvalue weighted by Gasteiger charge is -2.33. The highest BCUT2D eigenvalue weighted by Gasteiger charge is 2.28. The minimum absolute atomic E-state index is 0.197. The third-order valence-electron chi connectivity index (χ3n) is 5.54. The van der Waals surface area contributed by atoms with Crippen molar-refractivity contribution in [3.05, 3.63) is 30.1 Å². The van der Waals surface area contributed by atoms with Crippen molar-refractivity contribution in [3.8, 4) is 0 Å². The maximum atomic E-state index is 12.7. The van der Waals surface area contributed by atoms with Gasteiger partial charge in [0.1, 0.15) is 5.82 Å². The van der Waals surface area contributed by atoms with Crippen LogP contribution in [-0.4, -0.2) is 51.4 Å². The average Bonchev–Trinajstić information content (AvgIpc) is 3.03. The van der Waals surface area contributed by atoms with Gasteiger partial charge in [-0.1, -0.05) is 19.1 Å². The van der Waals surface area contributed by atoms with Crippen LogP contribution in [0.4, 0.5) is 0 Å². The number of carbonyl (C=O) groups excluding carboxylic acids is 1. The molecular weight excluding hydrogens is 324 g/mol. The summed E-state index contributed by atoms with van der Waals surface area (Å²) in [5.74, 6) is 1.69. The number of benzene rings is 1. The van der Waals surface area contributed by atoms with Gasteiger partial charge in [-0.05, 0) is 58.3 Å². The minimum Gasteiger partial charge on any atom is -0.343 e. The Kier molecular flexibility index (Phi) is 6.30. The van der Waals surface area contributed by atoms with Gasteiger partial charge in [0.05, 0.1) is 17.6 Å². The molecule has 3 rings (SSSR count). The molecule has 0 spiro atoms. The number of piperidine rings is 1. The first-order valence-electron chi connectivity index (χ1n) is 10.1. The Hall–Kier alpha value is -1.88. The van der Waals surface area contributed by atoms with Crippen molar-refractivity contribution in [3.63, 3.8) is 0 Å². The quantitative estimate of drug-likeness (QED) is 0.762. The maximum absolute atomic E-state index is 12.7. The zero-order valence-electron chi connectivity index (χ0n) is 16.4. The van der Waals surface area contributed by atoms with Crippen LogP contribution in [0.25, 0.3) is 11.0 Å². The predicted octanol–water partition coefficient (Wildman–Crippen LogP) is 3.53. The number of carbonyl (C=O) groups is 1. The van der Waals surface area contributed by atoms with Crippen molar-refractivity contribution in [1.29, 1.82) is 0 Å². The fourth-order valence-electron chi connectivity index (χ4n) is 4.09. The Labute approximate surface area is 157 Å². The molecule has 26 heavy (non-hydrogen) atoms. The molecule has 0 radical (unpaired) electrons. The van der Waals surface area contributed by atoms with Crippen LogP contribution < -0.4 is 0 Å². The Bertz CT molecular complexity index is 731. The fraction of sp³-hybridized carbons (Fsp3) is 0.619. The highest BCUT2D eigenvalue weighted by molar-refractivity contribution is 5.79. The van der Waals surface area contributed by atoms with Gasteiger partial charge in [0, 0.05) is 25.6 Å². The van der Waals surface area contributed by atoms with E-state index in [2.05, 4.69) is 48.4 Å². The van der Waals surface area contributed by atoms with E-state index in [9.17, 15) is 4.79 Å². The molecule has 142 valence electrons. The number of imidazole rings is 1. The molecule has 1 saturated heterocycles. The number of likely N-dealkylation sites (tertiary alicyclic amines) is 1. The molecule has 1 aromatic heterocycles. The highest BCUT2D eigenvalue weighted by atomic mass is 16.2. The minimum atomic E-state index is 0.197. The molecule has 0 unspecified atom stereocenters. The standard InChI is InChI=1S/C21H32N4O/c1-4-13-24(5-2)21(26)17-11-14-23(15-12-17)16-20-22-18-9-7-8-10-19(18)25(20)6-3/h7-10,17H,4-6,11-16H2,1-3H3. The van der Waals surface area contributed by atoms with Crippen molar-refractivity contribution in [2.45, 2.75) is 53.1 Å². The summed E-state index contributed by atoms with van der Waals surface area (Å²) in [6.45, 7) is 11.9. The number of rotatable bonds is 7. The molecule has 0 atom stereocenters. The summed E-state index contributed by atoms with van der Waals surface area (Å²) in [6, 6.07) is 8.36. The molecule has 2 heterocycles. The summed E-state index contributed by atoms with van der Waals surface area (Å²) in [5, 5.41) is 0. The summed E-state index contributed by atoms with van der Waals surface area (Å²) in [5.41, 5.74) is 2.29. The van der Waals surface area contributed by atoms with Crippen molar-refractivity contribution in [2.75, 3.05) is 26.2 Å². The molecule has 0 aliphatic carbocycles. The Morgan fingerprint density at radius 3 is 2.58 bits per heavy atom. The number of para-hydroxylation sites is 2. The first kappa shape index (κ1) is 18.9. The lowest BCUT2D eigenvalue weighted by molar-refractivity contribution is -0.137. The second-order valence-corrected chi connectivity index (χ2v) is 7.23. The van der Waals surface area contributed by atoms with E-state index in [0.29, 0.717) is 5.91 Å². The van der Waals surface area contributed by atoms with E-state index in [-0.39, 0.29) is 5.92 Å². The third kappa shape index (κ3) is 3.93. The molecular formula is C21H32N4O. The molecule has 0 saturated carbocycles.